The number of fused-ring (bicyclic) bond motifs is 1. The summed E-state index contributed by atoms with van der Waals surface area (Å²) in [7, 11) is 1.69. The minimum Gasteiger partial charge on any atom is -0.383 e. The first kappa shape index (κ1) is 18.7. The maximum Gasteiger partial charge on any atom is 0.176 e. The molecule has 0 N–H and O–H groups in total. The van der Waals surface area contributed by atoms with Gasteiger partial charge in [0.1, 0.15) is 0 Å². The zero-order valence-electron chi connectivity index (χ0n) is 15.7. The Balaban J connectivity index is 1.87. The van der Waals surface area contributed by atoms with E-state index in [1.807, 2.05) is 50.2 Å². The normalized spacial score (nSPS) is 12.5. The quantitative estimate of drug-likeness (QED) is 0.449. The number of carbonyl (C=O) groups excluding carboxylic acids is 1. The molecule has 1 unspecified atom stereocenters. The van der Waals surface area contributed by atoms with E-state index in [1.54, 1.807) is 7.11 Å². The second-order valence-corrected chi connectivity index (χ2v) is 7.76. The van der Waals surface area contributed by atoms with Crippen molar-refractivity contribution < 1.29 is 9.53 Å². The summed E-state index contributed by atoms with van der Waals surface area (Å²) >= 11 is 1.51. The second-order valence-electron chi connectivity index (χ2n) is 6.45. The van der Waals surface area contributed by atoms with E-state index in [0.717, 1.165) is 27.3 Å². The molecule has 0 fully saturated rings. The van der Waals surface area contributed by atoms with Crippen LogP contribution in [0.25, 0.3) is 11.0 Å². The Bertz CT molecular complexity index is 933. The number of nitrogens with zero attached hydrogens (tertiary/aromatic N) is 2. The van der Waals surface area contributed by atoms with Crippen LogP contribution in [0.3, 0.4) is 0 Å². The number of carbonyl (C=O) groups is 1. The van der Waals surface area contributed by atoms with E-state index in [0.29, 0.717) is 13.2 Å². The predicted octanol–water partition coefficient (Wildman–Crippen LogP) is 4.66. The molecule has 1 heterocycles. The van der Waals surface area contributed by atoms with Gasteiger partial charge in [0, 0.05) is 19.2 Å². The van der Waals surface area contributed by atoms with Gasteiger partial charge in [-0.15, -0.1) is 0 Å². The highest BCUT2D eigenvalue weighted by molar-refractivity contribution is 8.00. The van der Waals surface area contributed by atoms with E-state index in [-0.39, 0.29) is 11.0 Å². The Morgan fingerprint density at radius 2 is 1.96 bits per heavy atom. The second kappa shape index (κ2) is 8.06. The maximum absolute atomic E-state index is 12.9. The highest BCUT2D eigenvalue weighted by Gasteiger charge is 2.21. The average Bonchev–Trinajstić information content (AvgIpc) is 2.98. The molecule has 1 aromatic heterocycles. The Labute approximate surface area is 158 Å². The summed E-state index contributed by atoms with van der Waals surface area (Å²) in [5, 5.41) is 0.642. The van der Waals surface area contributed by atoms with Crippen molar-refractivity contribution in [2.45, 2.75) is 37.7 Å². The molecule has 0 bridgehead atoms. The molecule has 0 spiro atoms. The number of ether oxygens (including phenoxy) is 1. The molecule has 0 saturated carbocycles. The van der Waals surface area contributed by atoms with Crippen molar-refractivity contribution in [3.8, 4) is 0 Å². The molecule has 0 aliphatic carbocycles. The first-order valence-corrected chi connectivity index (χ1v) is 9.61. The number of aryl methyl sites for hydroxylation is 2. The minimum absolute atomic E-state index is 0.128. The van der Waals surface area contributed by atoms with Crippen LogP contribution in [0.4, 0.5) is 0 Å². The average molecular weight is 369 g/mol. The topological polar surface area (TPSA) is 44.1 Å². The molecule has 4 nitrogen and oxygen atoms in total. The van der Waals surface area contributed by atoms with Crippen molar-refractivity contribution in [2.24, 2.45) is 0 Å². The van der Waals surface area contributed by atoms with Crippen LogP contribution in [0.2, 0.25) is 0 Å². The molecule has 0 aliphatic rings. The van der Waals surface area contributed by atoms with Gasteiger partial charge >= 0.3 is 0 Å². The Morgan fingerprint density at radius 1 is 1.19 bits per heavy atom. The predicted molar refractivity (Wildman–Crippen MR) is 107 cm³/mol. The Morgan fingerprint density at radius 3 is 2.69 bits per heavy atom. The van der Waals surface area contributed by atoms with Crippen LogP contribution in [0, 0.1) is 13.8 Å². The lowest BCUT2D eigenvalue weighted by Crippen LogP contribution is -2.15. The summed E-state index contributed by atoms with van der Waals surface area (Å²) in [5.41, 5.74) is 5.10. The molecular formula is C21H24N2O2S. The van der Waals surface area contributed by atoms with Gasteiger partial charge in [-0.3, -0.25) is 4.79 Å². The van der Waals surface area contributed by atoms with E-state index >= 15 is 0 Å². The fourth-order valence-electron chi connectivity index (χ4n) is 2.88. The number of aromatic nitrogens is 2. The number of hydrogen-bond donors (Lipinski definition) is 0. The van der Waals surface area contributed by atoms with E-state index in [9.17, 15) is 4.79 Å². The zero-order valence-corrected chi connectivity index (χ0v) is 16.5. The third-order valence-corrected chi connectivity index (χ3v) is 5.67. The molecule has 5 heteroatoms. The summed E-state index contributed by atoms with van der Waals surface area (Å²) in [5.74, 6) is 0.128. The van der Waals surface area contributed by atoms with Crippen molar-refractivity contribution in [1.82, 2.24) is 9.55 Å². The van der Waals surface area contributed by atoms with Gasteiger partial charge in [-0.25, -0.2) is 4.98 Å². The molecule has 26 heavy (non-hydrogen) atoms. The van der Waals surface area contributed by atoms with Gasteiger partial charge < -0.3 is 9.30 Å². The number of hydrogen-bond acceptors (Lipinski definition) is 4. The summed E-state index contributed by atoms with van der Waals surface area (Å²) in [6.45, 7) is 7.35. The van der Waals surface area contributed by atoms with Crippen molar-refractivity contribution in [2.75, 3.05) is 13.7 Å². The number of rotatable bonds is 7. The molecule has 136 valence electrons. The minimum atomic E-state index is -0.213. The number of methoxy groups -OCH3 is 1. The third kappa shape index (κ3) is 3.84. The van der Waals surface area contributed by atoms with Gasteiger partial charge in [-0.05, 0) is 50.1 Å². The highest BCUT2D eigenvalue weighted by atomic mass is 32.2. The van der Waals surface area contributed by atoms with Crippen LogP contribution in [-0.2, 0) is 11.3 Å². The number of thioether (sulfide) groups is 1. The van der Waals surface area contributed by atoms with E-state index in [2.05, 4.69) is 17.6 Å². The SMILES string of the molecule is COCCn1c(SC(C)C(=O)c2ccc(C)c(C)c2)nc2ccccc21. The van der Waals surface area contributed by atoms with Crippen molar-refractivity contribution in [3.05, 3.63) is 59.2 Å². The molecule has 0 radical (unpaired) electrons. The van der Waals surface area contributed by atoms with Crippen LogP contribution in [-0.4, -0.2) is 34.3 Å². The first-order valence-electron chi connectivity index (χ1n) is 8.73. The lowest BCUT2D eigenvalue weighted by Gasteiger charge is -2.13. The molecule has 1 atom stereocenters. The lowest BCUT2D eigenvalue weighted by molar-refractivity contribution is 0.0993. The molecule has 0 amide bonds. The number of Topliss-reactive ketones (excluding diaryl/α,β-unsaturated/α-hetero) is 1. The zero-order chi connectivity index (χ0) is 18.7. The van der Waals surface area contributed by atoms with E-state index < -0.39 is 0 Å². The fraction of sp³-hybridized carbons (Fsp3) is 0.333. The molecule has 2 aromatic carbocycles. The number of ketones is 1. The van der Waals surface area contributed by atoms with E-state index in [4.69, 9.17) is 9.72 Å². The van der Waals surface area contributed by atoms with Crippen molar-refractivity contribution >= 4 is 28.6 Å². The van der Waals surface area contributed by atoms with Crippen LogP contribution < -0.4 is 0 Å². The van der Waals surface area contributed by atoms with Crippen LogP contribution in [0.1, 0.15) is 28.4 Å². The first-order chi connectivity index (χ1) is 12.5. The third-order valence-electron chi connectivity index (χ3n) is 4.58. The van der Waals surface area contributed by atoms with Crippen molar-refractivity contribution in [3.63, 3.8) is 0 Å². The van der Waals surface area contributed by atoms with Crippen LogP contribution in [0.15, 0.2) is 47.6 Å². The van der Waals surface area contributed by atoms with Gasteiger partial charge in [0.2, 0.25) is 0 Å². The monoisotopic (exact) mass is 368 g/mol. The standard InChI is InChI=1S/C21H24N2O2S/c1-14-9-10-17(13-15(14)2)20(24)16(3)26-21-22-18-7-5-6-8-19(18)23(21)11-12-25-4/h5-10,13,16H,11-12H2,1-4H3. The van der Waals surface area contributed by atoms with Crippen LogP contribution >= 0.6 is 11.8 Å². The Hall–Kier alpha value is -2.11. The van der Waals surface area contributed by atoms with Gasteiger partial charge in [0.15, 0.2) is 10.9 Å². The molecule has 0 saturated heterocycles. The lowest BCUT2D eigenvalue weighted by atomic mass is 10.0. The molecule has 3 rings (SSSR count). The van der Waals surface area contributed by atoms with Gasteiger partial charge in [0.25, 0.3) is 0 Å². The number of para-hydroxylation sites is 2. The van der Waals surface area contributed by atoms with E-state index in [1.165, 1.54) is 17.3 Å². The fourth-order valence-corrected chi connectivity index (χ4v) is 3.91. The summed E-state index contributed by atoms with van der Waals surface area (Å²) in [6.07, 6.45) is 0. The summed E-state index contributed by atoms with van der Waals surface area (Å²) < 4.78 is 7.37. The van der Waals surface area contributed by atoms with Gasteiger partial charge in [-0.2, -0.15) is 0 Å². The molecular weight excluding hydrogens is 344 g/mol. The van der Waals surface area contributed by atoms with Crippen LogP contribution in [0.5, 0.6) is 0 Å². The highest BCUT2D eigenvalue weighted by Crippen LogP contribution is 2.29. The molecule has 3 aromatic rings. The van der Waals surface area contributed by atoms with Gasteiger partial charge in [-0.1, -0.05) is 36.0 Å². The van der Waals surface area contributed by atoms with Crippen molar-refractivity contribution in [1.29, 1.82) is 0 Å². The molecule has 0 aliphatic heterocycles. The number of benzene rings is 2. The number of imidazole rings is 1. The largest absolute Gasteiger partial charge is 0.383 e. The Kier molecular flexibility index (Phi) is 5.79. The van der Waals surface area contributed by atoms with Gasteiger partial charge in [0.05, 0.1) is 22.9 Å². The summed E-state index contributed by atoms with van der Waals surface area (Å²) in [4.78, 5) is 17.6. The smallest absolute Gasteiger partial charge is 0.176 e. The summed E-state index contributed by atoms with van der Waals surface area (Å²) in [6, 6.07) is 13.9. The maximum atomic E-state index is 12.9.